The maximum Gasteiger partial charge on any atom is 0.132 e. The zero-order chi connectivity index (χ0) is 7.56. The van der Waals surface area contributed by atoms with Gasteiger partial charge in [-0.1, -0.05) is 17.7 Å². The second-order valence-electron chi connectivity index (χ2n) is 1.85. The largest absolute Gasteiger partial charge is 0.326 e. The molecule has 0 unspecified atom stereocenters. The van der Waals surface area contributed by atoms with E-state index in [9.17, 15) is 4.39 Å². The Labute approximate surface area is 63.6 Å². The summed E-state index contributed by atoms with van der Waals surface area (Å²) >= 11 is 5.55. The fourth-order valence-electron chi connectivity index (χ4n) is 0.631. The summed E-state index contributed by atoms with van der Waals surface area (Å²) in [6.45, 7) is 0.315. The summed E-state index contributed by atoms with van der Waals surface area (Å²) in [6.07, 6.45) is 0. The van der Waals surface area contributed by atoms with Crippen LogP contribution in [0.25, 0.3) is 0 Å². The molecule has 1 rings (SSSR count). The van der Waals surface area contributed by atoms with Gasteiger partial charge in [0.25, 0.3) is 0 Å². The van der Waals surface area contributed by atoms with Crippen molar-refractivity contribution in [3.8, 4) is 0 Å². The van der Waals surface area contributed by atoms with Crippen molar-refractivity contribution in [2.24, 2.45) is 5.73 Å². The normalized spacial score (nSPS) is 9.90. The fraction of sp³-hybridized carbons (Fsp3) is 0.143. The lowest BCUT2D eigenvalue weighted by Crippen LogP contribution is -1.97. The molecule has 0 atom stereocenters. The van der Waals surface area contributed by atoms with E-state index in [4.69, 9.17) is 17.3 Å². The molecule has 0 aliphatic carbocycles. The quantitative estimate of drug-likeness (QED) is 0.662. The van der Waals surface area contributed by atoms with Gasteiger partial charge in [-0.3, -0.25) is 0 Å². The van der Waals surface area contributed by atoms with E-state index in [1.165, 1.54) is 6.07 Å². The number of hydrogen-bond donors (Lipinski definition) is 1. The summed E-state index contributed by atoms with van der Waals surface area (Å²) in [7, 11) is 0. The van der Waals surface area contributed by atoms with Crippen LogP contribution in [0, 0.1) is 11.9 Å². The number of hydrogen-bond acceptors (Lipinski definition) is 1. The average Bonchev–Trinajstić information content (AvgIpc) is 1.88. The highest BCUT2D eigenvalue weighted by atomic mass is 35.5. The van der Waals surface area contributed by atoms with Crippen molar-refractivity contribution in [2.45, 2.75) is 6.54 Å². The van der Waals surface area contributed by atoms with E-state index in [-0.39, 0.29) is 5.02 Å². The summed E-state index contributed by atoms with van der Waals surface area (Å²) < 4.78 is 12.3. The molecule has 1 aromatic rings. The molecule has 3 heteroatoms. The van der Waals surface area contributed by atoms with Crippen molar-refractivity contribution in [1.82, 2.24) is 0 Å². The van der Waals surface area contributed by atoms with Gasteiger partial charge in [0.2, 0.25) is 0 Å². The van der Waals surface area contributed by atoms with Crippen LogP contribution >= 0.6 is 11.6 Å². The van der Waals surface area contributed by atoms with Crippen molar-refractivity contribution in [2.75, 3.05) is 0 Å². The van der Waals surface area contributed by atoms with E-state index in [2.05, 4.69) is 6.07 Å². The SMILES string of the molecule is NCc1ccc(F)[c]c1Cl. The van der Waals surface area contributed by atoms with Gasteiger partial charge in [-0.25, -0.2) is 4.39 Å². The highest BCUT2D eigenvalue weighted by Crippen LogP contribution is 2.14. The van der Waals surface area contributed by atoms with Crippen molar-refractivity contribution < 1.29 is 4.39 Å². The second-order valence-corrected chi connectivity index (χ2v) is 2.23. The smallest absolute Gasteiger partial charge is 0.132 e. The predicted molar refractivity (Wildman–Crippen MR) is 38.1 cm³/mol. The van der Waals surface area contributed by atoms with Crippen molar-refractivity contribution in [3.05, 3.63) is 34.6 Å². The Kier molecular flexibility index (Phi) is 2.25. The molecule has 0 aliphatic rings. The minimum Gasteiger partial charge on any atom is -0.326 e. The van der Waals surface area contributed by atoms with Crippen LogP contribution in [-0.2, 0) is 6.54 Å². The lowest BCUT2D eigenvalue weighted by atomic mass is 10.2. The van der Waals surface area contributed by atoms with Crippen LogP contribution in [-0.4, -0.2) is 0 Å². The standard InChI is InChI=1S/C7H6ClFN/c8-7-3-6(9)2-1-5(7)4-10/h1-2H,4,10H2. The van der Waals surface area contributed by atoms with Gasteiger partial charge < -0.3 is 5.73 Å². The molecule has 1 aromatic carbocycles. The second kappa shape index (κ2) is 2.99. The lowest BCUT2D eigenvalue weighted by Gasteiger charge is -1.97. The number of halogens is 2. The Morgan fingerprint density at radius 1 is 1.60 bits per heavy atom. The molecular formula is C7H6ClFN. The summed E-state index contributed by atoms with van der Waals surface area (Å²) in [5, 5.41) is 0.266. The summed E-state index contributed by atoms with van der Waals surface area (Å²) in [6, 6.07) is 5.14. The minimum atomic E-state index is -0.456. The van der Waals surface area contributed by atoms with Crippen LogP contribution in [0.3, 0.4) is 0 Å². The topological polar surface area (TPSA) is 26.0 Å². The summed E-state index contributed by atoms with van der Waals surface area (Å²) in [5.41, 5.74) is 5.99. The Bertz CT molecular complexity index is 237. The Morgan fingerprint density at radius 3 is 2.80 bits per heavy atom. The maximum absolute atomic E-state index is 12.3. The van der Waals surface area contributed by atoms with Crippen LogP contribution in [0.4, 0.5) is 4.39 Å². The first-order valence-electron chi connectivity index (χ1n) is 2.80. The zero-order valence-electron chi connectivity index (χ0n) is 5.20. The van der Waals surface area contributed by atoms with Crippen LogP contribution in [0.5, 0.6) is 0 Å². The van der Waals surface area contributed by atoms with E-state index in [0.717, 1.165) is 0 Å². The summed E-state index contributed by atoms with van der Waals surface area (Å²) in [4.78, 5) is 0. The molecule has 2 N–H and O–H groups in total. The number of nitrogens with two attached hydrogens (primary N) is 1. The monoisotopic (exact) mass is 158 g/mol. The predicted octanol–water partition coefficient (Wildman–Crippen LogP) is 1.74. The lowest BCUT2D eigenvalue weighted by molar-refractivity contribution is 0.625. The van der Waals surface area contributed by atoms with Gasteiger partial charge >= 0.3 is 0 Å². The first-order valence-corrected chi connectivity index (χ1v) is 3.18. The van der Waals surface area contributed by atoms with E-state index in [1.54, 1.807) is 6.07 Å². The molecule has 0 saturated carbocycles. The van der Waals surface area contributed by atoms with Gasteiger partial charge in [-0.2, -0.15) is 0 Å². The number of benzene rings is 1. The van der Waals surface area contributed by atoms with Crippen molar-refractivity contribution in [1.29, 1.82) is 0 Å². The van der Waals surface area contributed by atoms with Gasteiger partial charge in [-0.15, -0.1) is 0 Å². The van der Waals surface area contributed by atoms with Gasteiger partial charge in [0.15, 0.2) is 0 Å². The Balaban J connectivity index is 3.07. The van der Waals surface area contributed by atoms with Crippen molar-refractivity contribution in [3.63, 3.8) is 0 Å². The van der Waals surface area contributed by atoms with Gasteiger partial charge in [0.1, 0.15) is 5.82 Å². The third kappa shape index (κ3) is 1.46. The van der Waals surface area contributed by atoms with E-state index < -0.39 is 5.82 Å². The first kappa shape index (κ1) is 7.51. The number of rotatable bonds is 1. The van der Waals surface area contributed by atoms with Gasteiger partial charge in [0.05, 0.1) is 5.02 Å². The van der Waals surface area contributed by atoms with E-state index in [0.29, 0.717) is 12.1 Å². The van der Waals surface area contributed by atoms with Crippen molar-refractivity contribution >= 4 is 11.6 Å². The molecule has 0 heterocycles. The van der Waals surface area contributed by atoms with E-state index in [1.807, 2.05) is 0 Å². The van der Waals surface area contributed by atoms with E-state index >= 15 is 0 Å². The molecule has 0 spiro atoms. The molecule has 0 bridgehead atoms. The third-order valence-corrected chi connectivity index (χ3v) is 1.50. The van der Waals surface area contributed by atoms with Crippen LogP contribution in [0.2, 0.25) is 5.02 Å². The zero-order valence-corrected chi connectivity index (χ0v) is 5.95. The molecule has 1 nitrogen and oxygen atoms in total. The molecule has 0 amide bonds. The molecule has 1 radical (unpaired) electrons. The molecule has 0 aromatic heterocycles. The summed E-state index contributed by atoms with van der Waals surface area (Å²) in [5.74, 6) is -0.456. The molecule has 0 fully saturated rings. The van der Waals surface area contributed by atoms with Crippen LogP contribution in [0.1, 0.15) is 5.56 Å². The fourth-order valence-corrected chi connectivity index (χ4v) is 0.862. The van der Waals surface area contributed by atoms with Gasteiger partial charge in [-0.05, 0) is 11.6 Å². The van der Waals surface area contributed by atoms with Gasteiger partial charge in [0, 0.05) is 12.6 Å². The third-order valence-electron chi connectivity index (χ3n) is 1.16. The first-order chi connectivity index (χ1) is 4.74. The minimum absolute atomic E-state index is 0.266. The Hall–Kier alpha value is -0.600. The van der Waals surface area contributed by atoms with Crippen LogP contribution < -0.4 is 5.73 Å². The average molecular weight is 159 g/mol. The molecule has 0 saturated heterocycles. The highest BCUT2D eigenvalue weighted by molar-refractivity contribution is 6.31. The molecule has 0 aliphatic heterocycles. The highest BCUT2D eigenvalue weighted by Gasteiger charge is 1.98. The molecule has 53 valence electrons. The molecule has 10 heavy (non-hydrogen) atoms. The molecular weight excluding hydrogens is 153 g/mol. The van der Waals surface area contributed by atoms with Crippen LogP contribution in [0.15, 0.2) is 12.1 Å². The maximum atomic E-state index is 12.3. The Morgan fingerprint density at radius 2 is 2.30 bits per heavy atom.